The highest BCUT2D eigenvalue weighted by molar-refractivity contribution is 8.00. The average Bonchev–Trinajstić information content (AvgIpc) is 2.37. The lowest BCUT2D eigenvalue weighted by Gasteiger charge is -2.22. The Labute approximate surface area is 113 Å². The quantitative estimate of drug-likeness (QED) is 0.879. The molecule has 1 amide bonds. The Kier molecular flexibility index (Phi) is 4.30. The molecule has 1 heterocycles. The zero-order valence-corrected chi connectivity index (χ0v) is 11.7. The van der Waals surface area contributed by atoms with E-state index in [4.69, 9.17) is 5.73 Å². The van der Waals surface area contributed by atoms with Gasteiger partial charge in [-0.3, -0.25) is 4.79 Å². The number of benzene rings is 1. The zero-order valence-electron chi connectivity index (χ0n) is 10.9. The number of hydrogen-bond donors (Lipinski definition) is 2. The van der Waals surface area contributed by atoms with Crippen LogP contribution in [-0.2, 0) is 11.2 Å². The molecule has 0 aromatic heterocycles. The summed E-state index contributed by atoms with van der Waals surface area (Å²) in [4.78, 5) is 12.8. The number of anilines is 1. The molecule has 1 aromatic rings. The number of carbonyl (C=O) groups excluding carboxylic acids is 1. The van der Waals surface area contributed by atoms with Crippen LogP contribution in [0.1, 0.15) is 32.3 Å². The zero-order chi connectivity index (χ0) is 13.1. The smallest absolute Gasteiger partial charge is 0.237 e. The van der Waals surface area contributed by atoms with Gasteiger partial charge in [-0.15, -0.1) is 11.8 Å². The maximum Gasteiger partial charge on any atom is 0.237 e. The van der Waals surface area contributed by atoms with E-state index >= 15 is 0 Å². The Morgan fingerprint density at radius 2 is 2.28 bits per heavy atom. The summed E-state index contributed by atoms with van der Waals surface area (Å²) in [6, 6.07) is 6.58. The molecule has 0 saturated carbocycles. The molecule has 0 bridgehead atoms. The molecule has 1 aliphatic heterocycles. The predicted molar refractivity (Wildman–Crippen MR) is 77.0 cm³/mol. The van der Waals surface area contributed by atoms with Crippen LogP contribution in [-0.4, -0.2) is 17.2 Å². The maximum absolute atomic E-state index is 11.6. The van der Waals surface area contributed by atoms with Crippen molar-refractivity contribution in [2.24, 2.45) is 5.73 Å². The van der Waals surface area contributed by atoms with E-state index in [1.807, 2.05) is 6.92 Å². The third-order valence-corrected chi connectivity index (χ3v) is 4.48. The van der Waals surface area contributed by atoms with Gasteiger partial charge in [0.1, 0.15) is 0 Å². The summed E-state index contributed by atoms with van der Waals surface area (Å²) in [7, 11) is 0. The summed E-state index contributed by atoms with van der Waals surface area (Å²) < 4.78 is 0. The van der Waals surface area contributed by atoms with Crippen molar-refractivity contribution in [3.8, 4) is 0 Å². The standard InChI is InChI=1S/C14H20N2OS/c1-3-11(15)6-4-10-5-7-13-12(8-10)16-14(17)9(2)18-13/h5,7-9,11H,3-4,6,15H2,1-2H3,(H,16,17). The molecular weight excluding hydrogens is 244 g/mol. The van der Waals surface area contributed by atoms with Gasteiger partial charge in [-0.05, 0) is 43.9 Å². The molecule has 3 N–H and O–H groups in total. The van der Waals surface area contributed by atoms with Crippen molar-refractivity contribution >= 4 is 23.4 Å². The Bertz CT molecular complexity index is 447. The monoisotopic (exact) mass is 264 g/mol. The molecule has 98 valence electrons. The van der Waals surface area contributed by atoms with Gasteiger partial charge in [0.05, 0.1) is 10.9 Å². The number of rotatable bonds is 4. The summed E-state index contributed by atoms with van der Waals surface area (Å²) in [6.45, 7) is 4.03. The van der Waals surface area contributed by atoms with Gasteiger partial charge in [0.15, 0.2) is 0 Å². The van der Waals surface area contributed by atoms with E-state index in [0.29, 0.717) is 0 Å². The number of fused-ring (bicyclic) bond motifs is 1. The van der Waals surface area contributed by atoms with Crippen LogP contribution in [0.15, 0.2) is 23.1 Å². The first kappa shape index (κ1) is 13.4. The van der Waals surface area contributed by atoms with Crippen LogP contribution in [0, 0.1) is 0 Å². The van der Waals surface area contributed by atoms with Crippen LogP contribution in [0.2, 0.25) is 0 Å². The maximum atomic E-state index is 11.6. The molecule has 0 saturated heterocycles. The summed E-state index contributed by atoms with van der Waals surface area (Å²) in [5.41, 5.74) is 8.12. The second kappa shape index (κ2) is 5.76. The van der Waals surface area contributed by atoms with Gasteiger partial charge >= 0.3 is 0 Å². The molecule has 0 fully saturated rings. The van der Waals surface area contributed by atoms with Gasteiger partial charge in [0, 0.05) is 10.9 Å². The van der Waals surface area contributed by atoms with Gasteiger partial charge < -0.3 is 11.1 Å². The van der Waals surface area contributed by atoms with Crippen molar-refractivity contribution in [3.63, 3.8) is 0 Å². The van der Waals surface area contributed by atoms with Gasteiger partial charge in [0.25, 0.3) is 0 Å². The Balaban J connectivity index is 2.08. The second-order valence-electron chi connectivity index (χ2n) is 4.79. The van der Waals surface area contributed by atoms with Crippen LogP contribution in [0.3, 0.4) is 0 Å². The molecular formula is C14H20N2OS. The summed E-state index contributed by atoms with van der Waals surface area (Å²) >= 11 is 1.62. The van der Waals surface area contributed by atoms with E-state index in [-0.39, 0.29) is 17.2 Å². The van der Waals surface area contributed by atoms with Gasteiger partial charge in [-0.1, -0.05) is 13.0 Å². The lowest BCUT2D eigenvalue weighted by Crippen LogP contribution is -2.26. The van der Waals surface area contributed by atoms with E-state index in [1.54, 1.807) is 11.8 Å². The molecule has 1 aromatic carbocycles. The first-order valence-electron chi connectivity index (χ1n) is 6.46. The Morgan fingerprint density at radius 3 is 3.00 bits per heavy atom. The first-order valence-corrected chi connectivity index (χ1v) is 7.34. The lowest BCUT2D eigenvalue weighted by atomic mass is 10.0. The summed E-state index contributed by atoms with van der Waals surface area (Å²) in [5.74, 6) is 0.0925. The molecule has 0 radical (unpaired) electrons. The molecule has 0 aliphatic carbocycles. The van der Waals surface area contributed by atoms with Crippen LogP contribution in [0.5, 0.6) is 0 Å². The number of amides is 1. The molecule has 0 spiro atoms. The van der Waals surface area contributed by atoms with Crippen molar-refractivity contribution in [2.45, 2.75) is 49.3 Å². The molecule has 2 atom stereocenters. The van der Waals surface area contributed by atoms with E-state index in [9.17, 15) is 4.79 Å². The minimum atomic E-state index is -0.00290. The number of hydrogen-bond acceptors (Lipinski definition) is 3. The van der Waals surface area contributed by atoms with Crippen molar-refractivity contribution in [3.05, 3.63) is 23.8 Å². The number of carbonyl (C=O) groups is 1. The van der Waals surface area contributed by atoms with Crippen molar-refractivity contribution in [1.82, 2.24) is 0 Å². The van der Waals surface area contributed by atoms with Crippen molar-refractivity contribution < 1.29 is 4.79 Å². The highest BCUT2D eigenvalue weighted by Gasteiger charge is 2.22. The van der Waals surface area contributed by atoms with E-state index in [0.717, 1.165) is 29.8 Å². The molecule has 2 unspecified atom stereocenters. The van der Waals surface area contributed by atoms with Gasteiger partial charge in [-0.2, -0.15) is 0 Å². The van der Waals surface area contributed by atoms with E-state index in [2.05, 4.69) is 30.4 Å². The number of aryl methyl sites for hydroxylation is 1. The first-order chi connectivity index (χ1) is 8.60. The molecule has 18 heavy (non-hydrogen) atoms. The second-order valence-corrected chi connectivity index (χ2v) is 6.17. The number of nitrogens with one attached hydrogen (secondary N) is 1. The topological polar surface area (TPSA) is 55.1 Å². The van der Waals surface area contributed by atoms with Gasteiger partial charge in [0.2, 0.25) is 5.91 Å². The largest absolute Gasteiger partial charge is 0.328 e. The van der Waals surface area contributed by atoms with E-state index in [1.165, 1.54) is 5.56 Å². The minimum Gasteiger partial charge on any atom is -0.328 e. The normalized spacial score (nSPS) is 20.2. The molecule has 1 aliphatic rings. The van der Waals surface area contributed by atoms with Crippen LogP contribution < -0.4 is 11.1 Å². The predicted octanol–water partition coefficient (Wildman–Crippen LogP) is 2.79. The third kappa shape index (κ3) is 3.06. The molecule has 2 rings (SSSR count). The fourth-order valence-corrected chi connectivity index (χ4v) is 2.90. The summed E-state index contributed by atoms with van der Waals surface area (Å²) in [5, 5.41) is 2.96. The van der Waals surface area contributed by atoms with Crippen LogP contribution in [0.4, 0.5) is 5.69 Å². The highest BCUT2D eigenvalue weighted by Crippen LogP contribution is 2.36. The number of thioether (sulfide) groups is 1. The lowest BCUT2D eigenvalue weighted by molar-refractivity contribution is -0.115. The van der Waals surface area contributed by atoms with E-state index < -0.39 is 0 Å². The van der Waals surface area contributed by atoms with Crippen molar-refractivity contribution in [2.75, 3.05) is 5.32 Å². The fraction of sp³-hybridized carbons (Fsp3) is 0.500. The molecule has 3 nitrogen and oxygen atoms in total. The van der Waals surface area contributed by atoms with Crippen LogP contribution >= 0.6 is 11.8 Å². The van der Waals surface area contributed by atoms with Crippen molar-refractivity contribution in [1.29, 1.82) is 0 Å². The molecule has 4 heteroatoms. The average molecular weight is 264 g/mol. The number of nitrogens with two attached hydrogens (primary N) is 1. The SMILES string of the molecule is CCC(N)CCc1ccc2c(c1)NC(=O)C(C)S2. The fourth-order valence-electron chi connectivity index (χ4n) is 1.97. The highest BCUT2D eigenvalue weighted by atomic mass is 32.2. The minimum absolute atomic E-state index is 0.00290. The van der Waals surface area contributed by atoms with Gasteiger partial charge in [-0.25, -0.2) is 0 Å². The Hall–Kier alpha value is -1.000. The summed E-state index contributed by atoms with van der Waals surface area (Å²) in [6.07, 6.45) is 2.97. The third-order valence-electron chi connectivity index (χ3n) is 3.30. The van der Waals surface area contributed by atoms with Crippen LogP contribution in [0.25, 0.3) is 0 Å². The Morgan fingerprint density at radius 1 is 1.50 bits per heavy atom.